The van der Waals surface area contributed by atoms with Gasteiger partial charge in [0.2, 0.25) is 0 Å². The van der Waals surface area contributed by atoms with Crippen LogP contribution in [-0.4, -0.2) is 12.1 Å². The van der Waals surface area contributed by atoms with Crippen LogP contribution < -0.4 is 0 Å². The molecule has 0 N–H and O–H groups in total. The number of rotatable bonds is 6. The molecular weight excluding hydrogens is 188 g/mol. The van der Waals surface area contributed by atoms with Crippen LogP contribution in [0.5, 0.6) is 0 Å². The molecule has 2 unspecified atom stereocenters. The average Bonchev–Trinajstić information content (AvgIpc) is 2.50. The molecule has 0 aromatic heterocycles. The molecule has 1 aliphatic rings. The number of carbonyl (C=O) groups is 1. The lowest BCUT2D eigenvalue weighted by Gasteiger charge is -2.16. The average molecular weight is 212 g/mol. The first-order chi connectivity index (χ1) is 7.08. The molecule has 0 amide bonds. The van der Waals surface area contributed by atoms with Gasteiger partial charge in [0.05, 0.1) is 0 Å². The van der Waals surface area contributed by atoms with E-state index in [1.807, 2.05) is 0 Å². The molecule has 1 rings (SSSR count). The standard InChI is InChI=1S/C13H24O2/c1-10(2)5-4-6-11(3)9-12-7-8-13(14)15-12/h10-12H,4-9H2,1-3H3. The molecule has 0 radical (unpaired) electrons. The van der Waals surface area contributed by atoms with Crippen LogP contribution in [0.1, 0.15) is 59.3 Å². The summed E-state index contributed by atoms with van der Waals surface area (Å²) in [6.07, 6.45) is 6.73. The Morgan fingerprint density at radius 2 is 2.07 bits per heavy atom. The van der Waals surface area contributed by atoms with Gasteiger partial charge in [0.1, 0.15) is 6.10 Å². The Kier molecular flexibility index (Phi) is 5.13. The first kappa shape index (κ1) is 12.5. The van der Waals surface area contributed by atoms with E-state index in [1.54, 1.807) is 0 Å². The second-order valence-electron chi connectivity index (χ2n) is 5.32. The number of hydrogen-bond acceptors (Lipinski definition) is 2. The van der Waals surface area contributed by atoms with E-state index >= 15 is 0 Å². The van der Waals surface area contributed by atoms with Gasteiger partial charge in [-0.3, -0.25) is 4.79 Å². The van der Waals surface area contributed by atoms with Crippen molar-refractivity contribution in [1.29, 1.82) is 0 Å². The molecule has 0 aromatic carbocycles. The fourth-order valence-electron chi connectivity index (χ4n) is 2.19. The molecule has 1 fully saturated rings. The van der Waals surface area contributed by atoms with Gasteiger partial charge in [-0.05, 0) is 24.7 Å². The van der Waals surface area contributed by atoms with Gasteiger partial charge in [0.15, 0.2) is 0 Å². The smallest absolute Gasteiger partial charge is 0.306 e. The fraction of sp³-hybridized carbons (Fsp3) is 0.923. The van der Waals surface area contributed by atoms with Crippen molar-refractivity contribution >= 4 is 5.97 Å². The van der Waals surface area contributed by atoms with Crippen LogP contribution in [0, 0.1) is 11.8 Å². The Hall–Kier alpha value is -0.530. The van der Waals surface area contributed by atoms with Gasteiger partial charge in [-0.15, -0.1) is 0 Å². The highest BCUT2D eigenvalue weighted by Gasteiger charge is 2.24. The van der Waals surface area contributed by atoms with Crippen molar-refractivity contribution in [3.63, 3.8) is 0 Å². The second kappa shape index (κ2) is 6.14. The lowest BCUT2D eigenvalue weighted by atomic mass is 9.94. The SMILES string of the molecule is CC(C)CCCC(C)CC1CCC(=O)O1. The molecule has 2 nitrogen and oxygen atoms in total. The van der Waals surface area contributed by atoms with Crippen LogP contribution in [0.3, 0.4) is 0 Å². The fourth-order valence-corrected chi connectivity index (χ4v) is 2.19. The Bertz CT molecular complexity index is 199. The first-order valence-electron chi connectivity index (χ1n) is 6.27. The van der Waals surface area contributed by atoms with Crippen LogP contribution >= 0.6 is 0 Å². The van der Waals surface area contributed by atoms with E-state index in [2.05, 4.69) is 20.8 Å². The second-order valence-corrected chi connectivity index (χ2v) is 5.32. The normalized spacial score (nSPS) is 23.2. The van der Waals surface area contributed by atoms with Gasteiger partial charge in [-0.1, -0.05) is 40.0 Å². The van der Waals surface area contributed by atoms with Crippen LogP contribution in [0.25, 0.3) is 0 Å². The highest BCUT2D eigenvalue weighted by molar-refractivity contribution is 5.71. The zero-order valence-corrected chi connectivity index (χ0v) is 10.3. The highest BCUT2D eigenvalue weighted by atomic mass is 16.5. The maximum Gasteiger partial charge on any atom is 0.306 e. The third kappa shape index (κ3) is 5.19. The minimum Gasteiger partial charge on any atom is -0.462 e. The predicted molar refractivity (Wildman–Crippen MR) is 61.6 cm³/mol. The van der Waals surface area contributed by atoms with E-state index in [0.717, 1.165) is 18.8 Å². The first-order valence-corrected chi connectivity index (χ1v) is 6.27. The van der Waals surface area contributed by atoms with Gasteiger partial charge in [-0.25, -0.2) is 0 Å². The van der Waals surface area contributed by atoms with Crippen molar-refractivity contribution in [2.24, 2.45) is 11.8 Å². The van der Waals surface area contributed by atoms with E-state index < -0.39 is 0 Å². The minimum absolute atomic E-state index is 0.00520. The lowest BCUT2D eigenvalue weighted by Crippen LogP contribution is -2.11. The largest absolute Gasteiger partial charge is 0.462 e. The molecule has 0 aliphatic carbocycles. The van der Waals surface area contributed by atoms with Crippen LogP contribution in [0.4, 0.5) is 0 Å². The maximum atomic E-state index is 10.9. The van der Waals surface area contributed by atoms with Crippen LogP contribution in [0.15, 0.2) is 0 Å². The molecular formula is C13H24O2. The van der Waals surface area contributed by atoms with Gasteiger partial charge in [-0.2, -0.15) is 0 Å². The van der Waals surface area contributed by atoms with Gasteiger partial charge in [0.25, 0.3) is 0 Å². The third-order valence-electron chi connectivity index (χ3n) is 3.11. The summed E-state index contributed by atoms with van der Waals surface area (Å²) in [7, 11) is 0. The molecule has 88 valence electrons. The number of ether oxygens (including phenoxy) is 1. The van der Waals surface area contributed by atoms with Crippen molar-refractivity contribution < 1.29 is 9.53 Å². The summed E-state index contributed by atoms with van der Waals surface area (Å²) in [5, 5.41) is 0. The van der Waals surface area contributed by atoms with Crippen LogP contribution in [-0.2, 0) is 9.53 Å². The predicted octanol–water partition coefficient (Wildman–Crippen LogP) is 3.54. The summed E-state index contributed by atoms with van der Waals surface area (Å²) in [6, 6.07) is 0. The van der Waals surface area contributed by atoms with Crippen molar-refractivity contribution in [2.75, 3.05) is 0 Å². The summed E-state index contributed by atoms with van der Waals surface area (Å²) in [5.41, 5.74) is 0. The van der Waals surface area contributed by atoms with Crippen molar-refractivity contribution in [2.45, 2.75) is 65.4 Å². The Labute approximate surface area is 93.4 Å². The number of esters is 1. The zero-order valence-electron chi connectivity index (χ0n) is 10.3. The molecule has 1 saturated heterocycles. The summed E-state index contributed by atoms with van der Waals surface area (Å²) in [4.78, 5) is 10.9. The zero-order chi connectivity index (χ0) is 11.3. The Balaban J connectivity index is 2.07. The summed E-state index contributed by atoms with van der Waals surface area (Å²) in [6.45, 7) is 6.80. The summed E-state index contributed by atoms with van der Waals surface area (Å²) < 4.78 is 5.22. The van der Waals surface area contributed by atoms with Gasteiger partial charge < -0.3 is 4.74 Å². The molecule has 2 heteroatoms. The Morgan fingerprint density at radius 3 is 2.60 bits per heavy atom. The number of cyclic esters (lactones) is 1. The molecule has 0 saturated carbocycles. The summed E-state index contributed by atoms with van der Waals surface area (Å²) >= 11 is 0. The maximum absolute atomic E-state index is 10.9. The van der Waals surface area contributed by atoms with E-state index in [4.69, 9.17) is 4.74 Å². The van der Waals surface area contributed by atoms with E-state index in [0.29, 0.717) is 12.3 Å². The van der Waals surface area contributed by atoms with Crippen LogP contribution in [0.2, 0.25) is 0 Å². The summed E-state index contributed by atoms with van der Waals surface area (Å²) in [5.74, 6) is 1.50. The van der Waals surface area contributed by atoms with Gasteiger partial charge in [0, 0.05) is 6.42 Å². The number of carbonyl (C=O) groups excluding carboxylic acids is 1. The molecule has 15 heavy (non-hydrogen) atoms. The highest BCUT2D eigenvalue weighted by Crippen LogP contribution is 2.24. The Morgan fingerprint density at radius 1 is 1.33 bits per heavy atom. The molecule has 0 aromatic rings. The quantitative estimate of drug-likeness (QED) is 0.629. The van der Waals surface area contributed by atoms with Crippen molar-refractivity contribution in [3.05, 3.63) is 0 Å². The number of hydrogen-bond donors (Lipinski definition) is 0. The molecule has 1 aliphatic heterocycles. The monoisotopic (exact) mass is 212 g/mol. The van der Waals surface area contributed by atoms with Crippen molar-refractivity contribution in [1.82, 2.24) is 0 Å². The molecule has 1 heterocycles. The lowest BCUT2D eigenvalue weighted by molar-refractivity contribution is -0.141. The third-order valence-corrected chi connectivity index (χ3v) is 3.11. The molecule has 0 spiro atoms. The van der Waals surface area contributed by atoms with Crippen molar-refractivity contribution in [3.8, 4) is 0 Å². The van der Waals surface area contributed by atoms with Gasteiger partial charge >= 0.3 is 5.97 Å². The van der Waals surface area contributed by atoms with E-state index in [-0.39, 0.29) is 12.1 Å². The van der Waals surface area contributed by atoms with E-state index in [9.17, 15) is 4.79 Å². The molecule has 0 bridgehead atoms. The van der Waals surface area contributed by atoms with E-state index in [1.165, 1.54) is 19.3 Å². The minimum atomic E-state index is -0.00520. The topological polar surface area (TPSA) is 26.3 Å². The molecule has 2 atom stereocenters.